The highest BCUT2D eigenvalue weighted by molar-refractivity contribution is 7.91. The SMILES string of the molecule is NS(=O)(=O)c1cc(C(=O)O)cc(N2CCCCC2)c1S(=O)c1ccccc1. The highest BCUT2D eigenvalue weighted by Gasteiger charge is 2.28. The van der Waals surface area contributed by atoms with Gasteiger partial charge in [-0.2, -0.15) is 0 Å². The Morgan fingerprint density at radius 1 is 1.07 bits per heavy atom. The first kappa shape index (κ1) is 19.5. The van der Waals surface area contributed by atoms with E-state index in [1.165, 1.54) is 6.07 Å². The van der Waals surface area contributed by atoms with Crippen LogP contribution in [0.1, 0.15) is 29.6 Å². The van der Waals surface area contributed by atoms with Crippen LogP contribution in [0.25, 0.3) is 0 Å². The van der Waals surface area contributed by atoms with E-state index in [-0.39, 0.29) is 10.5 Å². The molecule has 27 heavy (non-hydrogen) atoms. The van der Waals surface area contributed by atoms with Crippen LogP contribution in [0, 0.1) is 0 Å². The lowest BCUT2D eigenvalue weighted by Crippen LogP contribution is -2.31. The maximum atomic E-state index is 13.3. The number of piperidine rings is 1. The number of aromatic carboxylic acids is 1. The predicted octanol–water partition coefficient (Wildman–Crippen LogP) is 2.19. The van der Waals surface area contributed by atoms with Crippen molar-refractivity contribution in [1.29, 1.82) is 0 Å². The molecule has 0 spiro atoms. The van der Waals surface area contributed by atoms with Crippen LogP contribution < -0.4 is 10.0 Å². The number of benzene rings is 2. The third kappa shape index (κ3) is 4.20. The van der Waals surface area contributed by atoms with Gasteiger partial charge in [-0.25, -0.2) is 22.6 Å². The fourth-order valence-electron chi connectivity index (χ4n) is 3.14. The third-order valence-electron chi connectivity index (χ3n) is 4.43. The zero-order valence-corrected chi connectivity index (χ0v) is 16.1. The summed E-state index contributed by atoms with van der Waals surface area (Å²) in [5.74, 6) is -1.27. The van der Waals surface area contributed by atoms with Crippen molar-refractivity contribution in [3.05, 3.63) is 48.0 Å². The molecule has 1 saturated heterocycles. The zero-order chi connectivity index (χ0) is 19.6. The van der Waals surface area contributed by atoms with Crippen molar-refractivity contribution in [1.82, 2.24) is 0 Å². The lowest BCUT2D eigenvalue weighted by Gasteiger charge is -2.31. The normalized spacial score (nSPS) is 16.1. The van der Waals surface area contributed by atoms with E-state index in [4.69, 9.17) is 5.14 Å². The minimum Gasteiger partial charge on any atom is -0.478 e. The Balaban J connectivity index is 2.30. The van der Waals surface area contributed by atoms with Crippen molar-refractivity contribution >= 4 is 32.5 Å². The van der Waals surface area contributed by atoms with E-state index in [2.05, 4.69) is 0 Å². The quantitative estimate of drug-likeness (QED) is 0.783. The summed E-state index contributed by atoms with van der Waals surface area (Å²) in [7, 11) is -6.12. The minimum absolute atomic E-state index is 0.0376. The van der Waals surface area contributed by atoms with E-state index >= 15 is 0 Å². The van der Waals surface area contributed by atoms with Crippen LogP contribution in [-0.2, 0) is 20.8 Å². The van der Waals surface area contributed by atoms with Crippen molar-refractivity contribution in [3.8, 4) is 0 Å². The number of hydrogen-bond donors (Lipinski definition) is 2. The minimum atomic E-state index is -4.29. The number of sulfonamides is 1. The van der Waals surface area contributed by atoms with Gasteiger partial charge in [0.1, 0.15) is 4.90 Å². The summed E-state index contributed by atoms with van der Waals surface area (Å²) in [6.07, 6.45) is 2.81. The van der Waals surface area contributed by atoms with Crippen LogP contribution >= 0.6 is 0 Å². The molecule has 1 atom stereocenters. The molecule has 0 radical (unpaired) electrons. The maximum Gasteiger partial charge on any atom is 0.335 e. The number of anilines is 1. The lowest BCUT2D eigenvalue weighted by atomic mass is 10.1. The summed E-state index contributed by atoms with van der Waals surface area (Å²) in [6, 6.07) is 10.8. The van der Waals surface area contributed by atoms with Crippen molar-refractivity contribution in [2.75, 3.05) is 18.0 Å². The molecule has 0 saturated carbocycles. The Bertz CT molecular complexity index is 984. The van der Waals surface area contributed by atoms with Gasteiger partial charge in [0.05, 0.1) is 26.9 Å². The molecule has 7 nitrogen and oxygen atoms in total. The first-order valence-corrected chi connectivity index (χ1v) is 11.1. The summed E-state index contributed by atoms with van der Waals surface area (Å²) >= 11 is 0. The second-order valence-corrected chi connectivity index (χ2v) is 9.25. The number of nitrogens with two attached hydrogens (primary N) is 1. The number of nitrogens with zero attached hydrogens (tertiary/aromatic N) is 1. The molecule has 2 aromatic rings. The first-order valence-electron chi connectivity index (χ1n) is 8.45. The van der Waals surface area contributed by atoms with E-state index in [9.17, 15) is 22.5 Å². The van der Waals surface area contributed by atoms with E-state index in [1.54, 1.807) is 30.3 Å². The Labute approximate surface area is 160 Å². The van der Waals surface area contributed by atoms with Gasteiger partial charge in [0.2, 0.25) is 10.0 Å². The van der Waals surface area contributed by atoms with Crippen molar-refractivity contribution in [2.24, 2.45) is 5.14 Å². The zero-order valence-electron chi connectivity index (χ0n) is 14.5. The smallest absolute Gasteiger partial charge is 0.335 e. The van der Waals surface area contributed by atoms with Crippen LogP contribution in [0.15, 0.2) is 57.2 Å². The molecule has 1 fully saturated rings. The van der Waals surface area contributed by atoms with E-state index < -0.39 is 31.7 Å². The second kappa shape index (κ2) is 7.79. The molecular weight excluding hydrogens is 388 g/mol. The topological polar surface area (TPSA) is 118 Å². The highest BCUT2D eigenvalue weighted by Crippen LogP contribution is 2.35. The molecule has 0 aromatic heterocycles. The van der Waals surface area contributed by atoms with Crippen LogP contribution in [0.5, 0.6) is 0 Å². The average molecular weight is 409 g/mol. The molecule has 1 aliphatic heterocycles. The van der Waals surface area contributed by atoms with Gasteiger partial charge in [0, 0.05) is 18.0 Å². The summed E-state index contributed by atoms with van der Waals surface area (Å²) in [6.45, 7) is 1.26. The fraction of sp³-hybridized carbons (Fsp3) is 0.278. The molecule has 1 aliphatic rings. The van der Waals surface area contributed by atoms with Gasteiger partial charge < -0.3 is 10.0 Å². The Morgan fingerprint density at radius 3 is 2.26 bits per heavy atom. The summed E-state index contributed by atoms with van der Waals surface area (Å²) in [4.78, 5) is 13.5. The molecular formula is C18H20N2O5S2. The Hall–Kier alpha value is -2.23. The number of carboxylic acids is 1. The molecule has 9 heteroatoms. The van der Waals surface area contributed by atoms with Gasteiger partial charge in [-0.1, -0.05) is 18.2 Å². The monoisotopic (exact) mass is 408 g/mol. The maximum absolute atomic E-state index is 13.3. The van der Waals surface area contributed by atoms with E-state index in [1.807, 2.05) is 4.90 Å². The Morgan fingerprint density at radius 2 is 1.70 bits per heavy atom. The van der Waals surface area contributed by atoms with Crippen LogP contribution in [-0.4, -0.2) is 36.8 Å². The average Bonchev–Trinajstić information content (AvgIpc) is 2.67. The molecule has 3 N–H and O–H groups in total. The van der Waals surface area contributed by atoms with Crippen molar-refractivity contribution in [2.45, 2.75) is 33.9 Å². The number of carboxylic acid groups (broad SMARTS) is 1. The Kier molecular flexibility index (Phi) is 5.64. The number of rotatable bonds is 5. The largest absolute Gasteiger partial charge is 0.478 e. The number of primary sulfonamides is 1. The van der Waals surface area contributed by atoms with Crippen molar-refractivity contribution < 1.29 is 22.5 Å². The predicted molar refractivity (Wildman–Crippen MR) is 102 cm³/mol. The van der Waals surface area contributed by atoms with Gasteiger partial charge >= 0.3 is 5.97 Å². The molecule has 0 aliphatic carbocycles. The van der Waals surface area contributed by atoms with Crippen LogP contribution in [0.2, 0.25) is 0 Å². The van der Waals surface area contributed by atoms with Gasteiger partial charge in [-0.3, -0.25) is 0 Å². The summed E-state index contributed by atoms with van der Waals surface area (Å²) < 4.78 is 37.7. The molecule has 0 bridgehead atoms. The molecule has 1 heterocycles. The van der Waals surface area contributed by atoms with Crippen molar-refractivity contribution in [3.63, 3.8) is 0 Å². The number of hydrogen-bond acceptors (Lipinski definition) is 5. The molecule has 1 unspecified atom stereocenters. The summed E-state index contributed by atoms with van der Waals surface area (Å²) in [5.41, 5.74) is 0.147. The lowest BCUT2D eigenvalue weighted by molar-refractivity contribution is 0.0696. The number of carbonyl (C=O) groups is 1. The standard InChI is InChI=1S/C18H20N2O5S2/c19-27(24,25)16-12-13(18(21)22)11-15(20-9-5-2-6-10-20)17(16)26(23)14-7-3-1-4-8-14/h1,3-4,7-8,11-12H,2,5-6,9-10H2,(H,21,22)(H2,19,24,25). The van der Waals surface area contributed by atoms with Gasteiger partial charge in [0.25, 0.3) is 0 Å². The molecule has 2 aromatic carbocycles. The van der Waals surface area contributed by atoms with E-state index in [0.717, 1.165) is 25.3 Å². The molecule has 0 amide bonds. The molecule has 144 valence electrons. The summed E-state index contributed by atoms with van der Waals surface area (Å²) in [5, 5.41) is 14.8. The molecule has 3 rings (SSSR count). The third-order valence-corrected chi connectivity index (χ3v) is 6.99. The van der Waals surface area contributed by atoms with Gasteiger partial charge in [-0.15, -0.1) is 0 Å². The van der Waals surface area contributed by atoms with Crippen LogP contribution in [0.4, 0.5) is 5.69 Å². The highest BCUT2D eigenvalue weighted by atomic mass is 32.2. The van der Waals surface area contributed by atoms with Gasteiger partial charge in [-0.05, 0) is 43.5 Å². The van der Waals surface area contributed by atoms with Gasteiger partial charge in [0.15, 0.2) is 0 Å². The van der Waals surface area contributed by atoms with E-state index in [0.29, 0.717) is 23.7 Å². The first-order chi connectivity index (χ1) is 12.8. The van der Waals surface area contributed by atoms with Crippen LogP contribution in [0.3, 0.4) is 0 Å². The fourth-order valence-corrected chi connectivity index (χ4v) is 5.63. The second-order valence-electron chi connectivity index (χ2n) is 6.30.